The van der Waals surface area contributed by atoms with Crippen LogP contribution in [0.25, 0.3) is 0 Å². The number of rotatable bonds is 7. The van der Waals surface area contributed by atoms with Crippen molar-refractivity contribution in [2.45, 2.75) is 55.4 Å². The molecule has 186 valence electrons. The number of hydrogen-bond donors (Lipinski definition) is 1. The van der Waals surface area contributed by atoms with Crippen molar-refractivity contribution in [2.24, 2.45) is 0 Å². The number of esters is 1. The first-order valence-corrected chi connectivity index (χ1v) is 12.2. The Hall–Kier alpha value is -2.69. The molecule has 1 aromatic carbocycles. The van der Waals surface area contributed by atoms with Crippen LogP contribution in [-0.4, -0.2) is 80.0 Å². The molecule has 13 heteroatoms. The molecule has 1 aromatic rings. The van der Waals surface area contributed by atoms with Gasteiger partial charge in [0.1, 0.15) is 18.6 Å². The summed E-state index contributed by atoms with van der Waals surface area (Å²) in [5.74, 6) is -1.53. The van der Waals surface area contributed by atoms with E-state index in [1.807, 2.05) is 6.07 Å². The van der Waals surface area contributed by atoms with Crippen molar-refractivity contribution in [3.05, 3.63) is 29.8 Å². The van der Waals surface area contributed by atoms with E-state index in [0.29, 0.717) is 6.42 Å². The fraction of sp³-hybridized carbons (Fsp3) is 0.571. The van der Waals surface area contributed by atoms with Gasteiger partial charge in [0.05, 0.1) is 23.1 Å². The zero-order valence-corrected chi connectivity index (χ0v) is 19.2. The minimum absolute atomic E-state index is 0.0804. The van der Waals surface area contributed by atoms with Gasteiger partial charge >= 0.3 is 12.1 Å². The molecule has 9 nitrogen and oxygen atoms in total. The molecule has 3 atom stereocenters. The van der Waals surface area contributed by atoms with Crippen LogP contribution in [0.3, 0.4) is 0 Å². The highest BCUT2D eigenvalue weighted by atomic mass is 32.2. The summed E-state index contributed by atoms with van der Waals surface area (Å²) in [6.45, 7) is 0.968. The number of carbonyl (C=O) groups excluding carboxylic acids is 2. The van der Waals surface area contributed by atoms with Gasteiger partial charge in [-0.3, -0.25) is 14.5 Å². The van der Waals surface area contributed by atoms with Gasteiger partial charge < -0.3 is 10.1 Å². The van der Waals surface area contributed by atoms with Crippen molar-refractivity contribution < 1.29 is 35.9 Å². The number of amides is 1. The number of carbonyl (C=O) groups is 2. The lowest BCUT2D eigenvalue weighted by molar-refractivity contribution is -0.180. The average Bonchev–Trinajstić information content (AvgIpc) is 3.45. The third kappa shape index (κ3) is 5.51. The van der Waals surface area contributed by atoms with Crippen LogP contribution >= 0.6 is 0 Å². The molecule has 0 aromatic heterocycles. The molecule has 0 bridgehead atoms. The zero-order chi connectivity index (χ0) is 25.1. The second-order valence-corrected chi connectivity index (χ2v) is 9.97. The summed E-state index contributed by atoms with van der Waals surface area (Å²) < 4.78 is 73.1. The third-order valence-corrected chi connectivity index (χ3v) is 7.83. The van der Waals surface area contributed by atoms with Gasteiger partial charge in [0, 0.05) is 12.6 Å². The third-order valence-electron chi connectivity index (χ3n) is 5.96. The largest absolute Gasteiger partial charge is 0.465 e. The van der Waals surface area contributed by atoms with E-state index in [1.54, 1.807) is 6.92 Å². The average molecular weight is 503 g/mol. The Morgan fingerprint density at radius 2 is 2.06 bits per heavy atom. The SMILES string of the molecule is CCOC(=O)CNC(=O)C1C[C@@H](N2CCCC2C(F)(F)F)CN1S(=O)(=O)c1cccc(C#N)c1. The lowest BCUT2D eigenvalue weighted by atomic mass is 10.1. The molecule has 3 rings (SSSR count). The van der Waals surface area contributed by atoms with Crippen molar-refractivity contribution in [1.82, 2.24) is 14.5 Å². The summed E-state index contributed by atoms with van der Waals surface area (Å²) in [6.07, 6.45) is -4.45. The normalized spacial score (nSPS) is 24.0. The minimum Gasteiger partial charge on any atom is -0.465 e. The predicted octanol–water partition coefficient (Wildman–Crippen LogP) is 1.40. The second-order valence-electron chi connectivity index (χ2n) is 8.08. The number of alkyl halides is 3. The van der Waals surface area contributed by atoms with E-state index < -0.39 is 52.7 Å². The molecular weight excluding hydrogens is 477 g/mol. The number of nitrogens with zero attached hydrogens (tertiary/aromatic N) is 3. The van der Waals surface area contributed by atoms with E-state index in [1.165, 1.54) is 23.1 Å². The summed E-state index contributed by atoms with van der Waals surface area (Å²) in [5.41, 5.74) is 0.0804. The second kappa shape index (κ2) is 10.3. The first-order valence-electron chi connectivity index (χ1n) is 10.8. The lowest BCUT2D eigenvalue weighted by Gasteiger charge is -2.31. The summed E-state index contributed by atoms with van der Waals surface area (Å²) >= 11 is 0. The highest BCUT2D eigenvalue weighted by Crippen LogP contribution is 2.38. The molecule has 2 saturated heterocycles. The van der Waals surface area contributed by atoms with Crippen LogP contribution in [0, 0.1) is 11.3 Å². The van der Waals surface area contributed by atoms with Crippen molar-refractivity contribution in [1.29, 1.82) is 5.26 Å². The van der Waals surface area contributed by atoms with Gasteiger partial charge in [0.25, 0.3) is 0 Å². The van der Waals surface area contributed by atoms with E-state index in [9.17, 15) is 31.2 Å². The molecular formula is C21H25F3N4O5S. The molecule has 0 aliphatic carbocycles. The number of likely N-dealkylation sites (tertiary alicyclic amines) is 1. The highest BCUT2D eigenvalue weighted by Gasteiger charge is 2.52. The van der Waals surface area contributed by atoms with E-state index >= 15 is 0 Å². The monoisotopic (exact) mass is 502 g/mol. The van der Waals surface area contributed by atoms with E-state index in [0.717, 1.165) is 10.4 Å². The first kappa shape index (κ1) is 25.9. The molecule has 1 amide bonds. The van der Waals surface area contributed by atoms with Crippen molar-refractivity contribution in [3.8, 4) is 6.07 Å². The number of nitriles is 1. The van der Waals surface area contributed by atoms with Gasteiger partial charge in [-0.2, -0.15) is 22.7 Å². The zero-order valence-electron chi connectivity index (χ0n) is 18.4. The van der Waals surface area contributed by atoms with Crippen LogP contribution < -0.4 is 5.32 Å². The Labute approximate surface area is 195 Å². The van der Waals surface area contributed by atoms with Crippen LogP contribution in [0.1, 0.15) is 31.7 Å². The number of sulfonamides is 1. The van der Waals surface area contributed by atoms with E-state index in [-0.39, 0.29) is 43.0 Å². The molecule has 2 fully saturated rings. The van der Waals surface area contributed by atoms with Crippen molar-refractivity contribution >= 4 is 21.9 Å². The topological polar surface area (TPSA) is 120 Å². The molecule has 2 aliphatic rings. The van der Waals surface area contributed by atoms with Gasteiger partial charge in [-0.1, -0.05) is 6.07 Å². The van der Waals surface area contributed by atoms with E-state index in [2.05, 4.69) is 5.32 Å². The van der Waals surface area contributed by atoms with Gasteiger partial charge in [-0.25, -0.2) is 8.42 Å². The number of halogens is 3. The van der Waals surface area contributed by atoms with Crippen molar-refractivity contribution in [3.63, 3.8) is 0 Å². The Morgan fingerprint density at radius 3 is 2.71 bits per heavy atom. The molecule has 2 unspecified atom stereocenters. The molecule has 0 saturated carbocycles. The molecule has 2 heterocycles. The van der Waals surface area contributed by atoms with Crippen LogP contribution in [-0.2, 0) is 24.3 Å². The maximum atomic E-state index is 13.5. The summed E-state index contributed by atoms with van der Waals surface area (Å²) in [5, 5.41) is 11.4. The molecule has 2 aliphatic heterocycles. The number of ether oxygens (including phenoxy) is 1. The Kier molecular flexibility index (Phi) is 7.84. The molecule has 34 heavy (non-hydrogen) atoms. The van der Waals surface area contributed by atoms with Gasteiger partial charge in [0.2, 0.25) is 15.9 Å². The summed E-state index contributed by atoms with van der Waals surface area (Å²) in [7, 11) is -4.33. The first-order chi connectivity index (χ1) is 16.0. The predicted molar refractivity (Wildman–Crippen MR) is 113 cm³/mol. The maximum absolute atomic E-state index is 13.5. The summed E-state index contributed by atoms with van der Waals surface area (Å²) in [4.78, 5) is 25.5. The highest BCUT2D eigenvalue weighted by molar-refractivity contribution is 7.89. The summed E-state index contributed by atoms with van der Waals surface area (Å²) in [6, 6.07) is 3.12. The van der Waals surface area contributed by atoms with E-state index in [4.69, 9.17) is 10.00 Å². The van der Waals surface area contributed by atoms with Crippen molar-refractivity contribution in [2.75, 3.05) is 26.2 Å². The molecule has 0 spiro atoms. The Bertz CT molecular complexity index is 1070. The standard InChI is InChI=1S/C21H25F3N4O5S/c1-2-33-19(29)12-26-20(30)17-10-15(27-8-4-7-18(27)21(22,23)24)13-28(17)34(31,32)16-6-3-5-14(9-16)11-25/h3,5-6,9,15,17-18H,2,4,7-8,10,12-13H2,1H3,(H,26,30)/t15-,17?,18?/m1/s1. The minimum atomic E-state index is -4.48. The quantitative estimate of drug-likeness (QED) is 0.560. The Balaban J connectivity index is 1.91. The maximum Gasteiger partial charge on any atom is 0.404 e. The number of hydrogen-bond acceptors (Lipinski definition) is 7. The molecule has 1 N–H and O–H groups in total. The Morgan fingerprint density at radius 1 is 1.32 bits per heavy atom. The number of benzene rings is 1. The van der Waals surface area contributed by atoms with Gasteiger partial charge in [0.15, 0.2) is 0 Å². The van der Waals surface area contributed by atoms with Gasteiger partial charge in [-0.15, -0.1) is 0 Å². The van der Waals surface area contributed by atoms with Crippen LogP contribution in [0.2, 0.25) is 0 Å². The smallest absolute Gasteiger partial charge is 0.404 e. The van der Waals surface area contributed by atoms with Gasteiger partial charge in [-0.05, 0) is 50.9 Å². The van der Waals surface area contributed by atoms with Crippen LogP contribution in [0.15, 0.2) is 29.2 Å². The molecule has 0 radical (unpaired) electrons. The number of nitrogens with one attached hydrogen (secondary N) is 1. The van der Waals surface area contributed by atoms with Crippen LogP contribution in [0.5, 0.6) is 0 Å². The fourth-order valence-electron chi connectivity index (χ4n) is 4.46. The fourth-order valence-corrected chi connectivity index (χ4v) is 6.14. The lowest BCUT2D eigenvalue weighted by Crippen LogP contribution is -2.48. The van der Waals surface area contributed by atoms with Crippen LogP contribution in [0.4, 0.5) is 13.2 Å².